The summed E-state index contributed by atoms with van der Waals surface area (Å²) >= 11 is 1.24. The maximum absolute atomic E-state index is 13.4. The first-order valence-corrected chi connectivity index (χ1v) is 10.6. The number of ether oxygens (including phenoxy) is 4. The molecule has 0 saturated carbocycles. The average molecular weight is 464 g/mol. The van der Waals surface area contributed by atoms with Gasteiger partial charge < -0.3 is 18.9 Å². The molecule has 0 aliphatic carbocycles. The van der Waals surface area contributed by atoms with Crippen LogP contribution < -0.4 is 4.74 Å². The highest BCUT2D eigenvalue weighted by Gasteiger charge is 2.47. The van der Waals surface area contributed by atoms with Crippen LogP contribution in [0.1, 0.15) is 20.8 Å². The summed E-state index contributed by atoms with van der Waals surface area (Å²) in [5, 5.41) is 0. The van der Waals surface area contributed by atoms with Crippen LogP contribution in [-0.2, 0) is 28.6 Å². The van der Waals surface area contributed by atoms with E-state index in [2.05, 4.69) is 9.97 Å². The summed E-state index contributed by atoms with van der Waals surface area (Å²) in [6, 6.07) is 4.56. The number of hydrogen-bond donors (Lipinski definition) is 0. The van der Waals surface area contributed by atoms with E-state index < -0.39 is 47.5 Å². The van der Waals surface area contributed by atoms with Gasteiger partial charge in [-0.2, -0.15) is 0 Å². The van der Waals surface area contributed by atoms with Crippen LogP contribution >= 0.6 is 11.8 Å². The van der Waals surface area contributed by atoms with Crippen molar-refractivity contribution in [3.8, 4) is 17.0 Å². The van der Waals surface area contributed by atoms with Crippen LogP contribution in [0, 0.1) is 5.82 Å². The van der Waals surface area contributed by atoms with Crippen LogP contribution in [0.15, 0.2) is 36.8 Å². The molecule has 0 bridgehead atoms. The lowest BCUT2D eigenvalue weighted by Gasteiger charge is -2.39. The average Bonchev–Trinajstić information content (AvgIpc) is 2.72. The molecule has 4 atom stereocenters. The minimum atomic E-state index is -1.04. The molecule has 1 aliphatic heterocycles. The zero-order chi connectivity index (χ0) is 23.3. The number of carbonyl (C=O) groups is 3. The van der Waals surface area contributed by atoms with E-state index in [4.69, 9.17) is 18.9 Å². The number of halogens is 1. The standard InChI is InChI=1S/C21H21FN2O7S/c1-11(25)28-18-10-32-21(20(30-13(3)27)19(18)29-12(2)26)31-16-4-5-17(24-9-16)14-6-15(22)8-23-7-14/h4-9,18-21H,10H2,1-3H3/t18-,19+,20-,21+/m1/s1. The minimum Gasteiger partial charge on any atom is -0.474 e. The summed E-state index contributed by atoms with van der Waals surface area (Å²) in [4.78, 5) is 42.9. The topological polar surface area (TPSA) is 114 Å². The molecule has 3 rings (SSSR count). The van der Waals surface area contributed by atoms with E-state index in [1.54, 1.807) is 12.1 Å². The van der Waals surface area contributed by atoms with Gasteiger partial charge in [-0.25, -0.2) is 4.39 Å². The third-order valence-electron chi connectivity index (χ3n) is 4.29. The molecule has 0 amide bonds. The van der Waals surface area contributed by atoms with Crippen molar-refractivity contribution in [1.82, 2.24) is 9.97 Å². The van der Waals surface area contributed by atoms with Gasteiger partial charge in [-0.15, -0.1) is 11.8 Å². The van der Waals surface area contributed by atoms with Gasteiger partial charge in [-0.3, -0.25) is 24.4 Å². The van der Waals surface area contributed by atoms with Crippen molar-refractivity contribution >= 4 is 29.7 Å². The van der Waals surface area contributed by atoms with E-state index in [9.17, 15) is 18.8 Å². The second-order valence-electron chi connectivity index (χ2n) is 6.89. The van der Waals surface area contributed by atoms with Gasteiger partial charge in [-0.05, 0) is 18.2 Å². The van der Waals surface area contributed by atoms with Gasteiger partial charge in [-0.1, -0.05) is 0 Å². The fourth-order valence-electron chi connectivity index (χ4n) is 3.12. The number of nitrogens with zero attached hydrogens (tertiary/aromatic N) is 2. The molecule has 0 N–H and O–H groups in total. The van der Waals surface area contributed by atoms with Gasteiger partial charge in [0.1, 0.15) is 11.6 Å². The number of carbonyl (C=O) groups excluding carboxylic acids is 3. The van der Waals surface area contributed by atoms with Crippen LogP contribution in [-0.4, -0.2) is 57.4 Å². The molecule has 3 heterocycles. The molecule has 11 heteroatoms. The molecule has 1 fully saturated rings. The van der Waals surface area contributed by atoms with Gasteiger partial charge in [0.15, 0.2) is 23.7 Å². The monoisotopic (exact) mass is 464 g/mol. The Hall–Kier alpha value is -3.21. The molecular formula is C21H21FN2O7S. The molecule has 1 aliphatic rings. The quantitative estimate of drug-likeness (QED) is 0.467. The summed E-state index contributed by atoms with van der Waals surface area (Å²) in [6.45, 7) is 3.66. The van der Waals surface area contributed by atoms with Crippen molar-refractivity contribution < 1.29 is 37.7 Å². The SMILES string of the molecule is CC(=O)O[C@@H]1[C@@H](OC(C)=O)[C@@H](Oc2ccc(-c3cncc(F)c3)nc2)SC[C@H]1OC(C)=O. The maximum Gasteiger partial charge on any atom is 0.303 e. The minimum absolute atomic E-state index is 0.250. The Labute approximate surface area is 187 Å². The van der Waals surface area contributed by atoms with E-state index in [1.807, 2.05) is 0 Å². The van der Waals surface area contributed by atoms with Gasteiger partial charge >= 0.3 is 17.9 Å². The molecule has 32 heavy (non-hydrogen) atoms. The summed E-state index contributed by atoms with van der Waals surface area (Å²) < 4.78 is 35.3. The summed E-state index contributed by atoms with van der Waals surface area (Å²) in [6.07, 6.45) is 1.12. The van der Waals surface area contributed by atoms with Gasteiger partial charge in [0, 0.05) is 38.3 Å². The first kappa shape index (κ1) is 23.5. The number of pyridine rings is 2. The lowest BCUT2D eigenvalue weighted by Crippen LogP contribution is -2.55. The Morgan fingerprint density at radius 2 is 1.66 bits per heavy atom. The van der Waals surface area contributed by atoms with Crippen LogP contribution in [0.2, 0.25) is 0 Å². The van der Waals surface area contributed by atoms with Crippen molar-refractivity contribution in [2.24, 2.45) is 0 Å². The van der Waals surface area contributed by atoms with Crippen LogP contribution in [0.25, 0.3) is 11.3 Å². The zero-order valence-corrected chi connectivity index (χ0v) is 18.3. The highest BCUT2D eigenvalue weighted by molar-refractivity contribution is 7.99. The highest BCUT2D eigenvalue weighted by Crippen LogP contribution is 2.34. The van der Waals surface area contributed by atoms with Gasteiger partial charge in [0.25, 0.3) is 0 Å². The van der Waals surface area contributed by atoms with E-state index >= 15 is 0 Å². The lowest BCUT2D eigenvalue weighted by molar-refractivity contribution is -0.186. The van der Waals surface area contributed by atoms with Crippen molar-refractivity contribution in [2.45, 2.75) is 44.5 Å². The molecule has 9 nitrogen and oxygen atoms in total. The van der Waals surface area contributed by atoms with Crippen molar-refractivity contribution in [2.75, 3.05) is 5.75 Å². The molecule has 2 aromatic rings. The Bertz CT molecular complexity index is 988. The van der Waals surface area contributed by atoms with Gasteiger partial charge in [0.05, 0.1) is 18.1 Å². The number of hydrogen-bond acceptors (Lipinski definition) is 10. The Morgan fingerprint density at radius 1 is 0.969 bits per heavy atom. The molecule has 2 aromatic heterocycles. The predicted molar refractivity (Wildman–Crippen MR) is 111 cm³/mol. The van der Waals surface area contributed by atoms with Crippen LogP contribution in [0.5, 0.6) is 5.75 Å². The molecule has 0 aromatic carbocycles. The fraction of sp³-hybridized carbons (Fsp3) is 0.381. The van der Waals surface area contributed by atoms with E-state index in [0.717, 1.165) is 6.20 Å². The first-order valence-electron chi connectivity index (χ1n) is 9.60. The van der Waals surface area contributed by atoms with Crippen molar-refractivity contribution in [1.29, 1.82) is 0 Å². The number of esters is 3. The summed E-state index contributed by atoms with van der Waals surface area (Å²) in [5.74, 6) is -1.67. The Kier molecular flexibility index (Phi) is 7.62. The van der Waals surface area contributed by atoms with Crippen LogP contribution in [0.3, 0.4) is 0 Å². The van der Waals surface area contributed by atoms with E-state index in [0.29, 0.717) is 17.0 Å². The second-order valence-corrected chi connectivity index (χ2v) is 8.02. The molecule has 0 radical (unpaired) electrons. The fourth-order valence-corrected chi connectivity index (χ4v) is 4.33. The molecule has 170 valence electrons. The third kappa shape index (κ3) is 6.16. The maximum atomic E-state index is 13.4. The first-order chi connectivity index (χ1) is 15.2. The molecule has 1 saturated heterocycles. The summed E-state index contributed by atoms with van der Waals surface area (Å²) in [5.41, 5.74) is 0.226. The van der Waals surface area contributed by atoms with Crippen molar-refractivity contribution in [3.05, 3.63) is 42.6 Å². The second kappa shape index (κ2) is 10.4. The number of rotatable bonds is 6. The highest BCUT2D eigenvalue weighted by atomic mass is 32.2. The normalized spacial score (nSPS) is 22.5. The molecular weight excluding hydrogens is 443 g/mol. The number of aromatic nitrogens is 2. The van der Waals surface area contributed by atoms with E-state index in [-0.39, 0.29) is 5.75 Å². The lowest BCUT2D eigenvalue weighted by atomic mass is 10.1. The molecule has 0 spiro atoms. The molecule has 0 unspecified atom stereocenters. The van der Waals surface area contributed by atoms with Gasteiger partial charge in [0.2, 0.25) is 0 Å². The zero-order valence-electron chi connectivity index (χ0n) is 17.5. The summed E-state index contributed by atoms with van der Waals surface area (Å²) in [7, 11) is 0. The smallest absolute Gasteiger partial charge is 0.303 e. The van der Waals surface area contributed by atoms with E-state index in [1.165, 1.54) is 51.0 Å². The predicted octanol–water partition coefficient (Wildman–Crippen LogP) is 2.53. The Balaban J connectivity index is 1.81. The Morgan fingerprint density at radius 3 is 2.25 bits per heavy atom. The number of thioether (sulfide) groups is 1. The van der Waals surface area contributed by atoms with Crippen molar-refractivity contribution in [3.63, 3.8) is 0 Å². The third-order valence-corrected chi connectivity index (χ3v) is 5.51. The largest absolute Gasteiger partial charge is 0.474 e. The van der Waals surface area contributed by atoms with Crippen LogP contribution in [0.4, 0.5) is 4.39 Å².